The lowest BCUT2D eigenvalue weighted by atomic mass is 10.1. The Balaban J connectivity index is 1.18. The van der Waals surface area contributed by atoms with Crippen molar-refractivity contribution in [2.45, 2.75) is 24.6 Å². The van der Waals surface area contributed by atoms with Crippen molar-refractivity contribution in [3.63, 3.8) is 0 Å². The van der Waals surface area contributed by atoms with Crippen LogP contribution < -0.4 is 28.9 Å². The van der Waals surface area contributed by atoms with Gasteiger partial charge in [0, 0.05) is 17.2 Å². The van der Waals surface area contributed by atoms with E-state index in [9.17, 15) is 18.4 Å². The van der Waals surface area contributed by atoms with Gasteiger partial charge in [-0.25, -0.2) is 4.90 Å². The first kappa shape index (κ1) is 22.8. The van der Waals surface area contributed by atoms with Crippen LogP contribution in [0, 0.1) is 0 Å². The van der Waals surface area contributed by atoms with E-state index in [2.05, 4.69) is 4.74 Å². The van der Waals surface area contributed by atoms with E-state index < -0.39 is 11.6 Å². The number of ether oxygens (including phenoxy) is 3. The topological polar surface area (TPSA) is 74.0 Å². The van der Waals surface area contributed by atoms with Gasteiger partial charge in [-0.3, -0.25) is 9.59 Å². The maximum absolute atomic E-state index is 13.1. The van der Waals surface area contributed by atoms with Gasteiger partial charge in [-0.15, -0.1) is 8.78 Å². The molecule has 2 fully saturated rings. The van der Waals surface area contributed by atoms with Crippen LogP contribution in [0.3, 0.4) is 0 Å². The molecule has 0 spiro atoms. The first-order valence-electron chi connectivity index (χ1n) is 11.1. The summed E-state index contributed by atoms with van der Waals surface area (Å²) in [7, 11) is 0. The second-order valence-electron chi connectivity index (χ2n) is 8.64. The molecule has 34 heavy (non-hydrogen) atoms. The Labute approximate surface area is 199 Å². The monoisotopic (exact) mass is 495 g/mol. The highest BCUT2D eigenvalue weighted by Gasteiger charge is 2.47. The minimum atomic E-state index is -3.83. The summed E-state index contributed by atoms with van der Waals surface area (Å²) in [5.74, 6) is 0.810. The SMILES string of the molecule is O=C1CC([NH+]2CC[NH+](Cc3ccc4c(c3)OCO4)CC2)C(=O)N1c1ccc(OC(F)(F)Cl)cc1. The van der Waals surface area contributed by atoms with Gasteiger partial charge in [-0.1, -0.05) is 0 Å². The van der Waals surface area contributed by atoms with Gasteiger partial charge in [-0.2, -0.15) is 0 Å². The smallest absolute Gasteiger partial charge is 0.454 e. The molecule has 3 aliphatic rings. The molecule has 3 aliphatic heterocycles. The number of carbonyl (C=O) groups is 2. The van der Waals surface area contributed by atoms with E-state index in [1.807, 2.05) is 18.2 Å². The Morgan fingerprint density at radius 1 is 1.03 bits per heavy atom. The predicted molar refractivity (Wildman–Crippen MR) is 116 cm³/mol. The van der Waals surface area contributed by atoms with Crippen LogP contribution in [0.2, 0.25) is 0 Å². The van der Waals surface area contributed by atoms with Gasteiger partial charge >= 0.3 is 5.57 Å². The highest BCUT2D eigenvalue weighted by molar-refractivity contribution is 6.22. The summed E-state index contributed by atoms with van der Waals surface area (Å²) in [6.07, 6.45) is 0.129. The zero-order valence-electron chi connectivity index (χ0n) is 18.2. The van der Waals surface area contributed by atoms with Crippen molar-refractivity contribution in [2.24, 2.45) is 0 Å². The Hall–Kier alpha value is -2.95. The molecule has 2 aromatic carbocycles. The first-order chi connectivity index (χ1) is 16.3. The lowest BCUT2D eigenvalue weighted by molar-refractivity contribution is -1.02. The summed E-state index contributed by atoms with van der Waals surface area (Å²) in [5.41, 5.74) is -2.34. The highest BCUT2D eigenvalue weighted by atomic mass is 35.5. The molecule has 2 saturated heterocycles. The summed E-state index contributed by atoms with van der Waals surface area (Å²) < 4.78 is 40.7. The number of rotatable bonds is 6. The summed E-state index contributed by atoms with van der Waals surface area (Å²) in [6, 6.07) is 10.9. The molecule has 2 N–H and O–H groups in total. The van der Waals surface area contributed by atoms with Crippen molar-refractivity contribution in [3.8, 4) is 17.2 Å². The third kappa shape index (κ3) is 4.79. The van der Waals surface area contributed by atoms with E-state index in [-0.39, 0.29) is 30.8 Å². The number of alkyl halides is 3. The van der Waals surface area contributed by atoms with Crippen LogP contribution in [0.4, 0.5) is 14.5 Å². The van der Waals surface area contributed by atoms with Crippen molar-refractivity contribution in [1.29, 1.82) is 0 Å². The van der Waals surface area contributed by atoms with Gasteiger partial charge < -0.3 is 24.0 Å². The number of nitrogens with zero attached hydrogens (tertiary/aromatic N) is 1. The quantitative estimate of drug-likeness (QED) is 0.442. The first-order valence-corrected chi connectivity index (χ1v) is 11.4. The van der Waals surface area contributed by atoms with Crippen LogP contribution in [-0.2, 0) is 16.1 Å². The van der Waals surface area contributed by atoms with Gasteiger partial charge in [-0.05, 0) is 42.5 Å². The number of anilines is 1. The second kappa shape index (κ2) is 9.01. The largest absolute Gasteiger partial charge is 0.487 e. The molecule has 0 aliphatic carbocycles. The van der Waals surface area contributed by atoms with Crippen molar-refractivity contribution in [1.82, 2.24) is 0 Å². The lowest BCUT2D eigenvalue weighted by Gasteiger charge is -2.32. The normalized spacial score (nSPS) is 24.6. The molecule has 2 amide bonds. The Bertz CT molecular complexity index is 1090. The molecule has 0 radical (unpaired) electrons. The number of nitrogens with one attached hydrogen (secondary N) is 2. The minimum Gasteiger partial charge on any atom is -0.454 e. The number of carbonyl (C=O) groups excluding carboxylic acids is 2. The molecule has 2 aromatic rings. The molecule has 1 atom stereocenters. The molecular formula is C23H24ClF2N3O5+2. The minimum absolute atomic E-state index is 0.129. The average molecular weight is 496 g/mol. The van der Waals surface area contributed by atoms with Gasteiger partial charge in [0.15, 0.2) is 17.5 Å². The number of amides is 2. The van der Waals surface area contributed by atoms with Crippen LogP contribution in [0.5, 0.6) is 17.2 Å². The Morgan fingerprint density at radius 3 is 2.44 bits per heavy atom. The molecule has 0 aromatic heterocycles. The summed E-state index contributed by atoms with van der Waals surface area (Å²) >= 11 is 4.77. The van der Waals surface area contributed by atoms with Gasteiger partial charge in [0.25, 0.3) is 5.91 Å². The van der Waals surface area contributed by atoms with Crippen LogP contribution in [0.15, 0.2) is 42.5 Å². The van der Waals surface area contributed by atoms with E-state index in [4.69, 9.17) is 21.1 Å². The third-order valence-electron chi connectivity index (χ3n) is 6.46. The fraction of sp³-hybridized carbons (Fsp3) is 0.391. The maximum Gasteiger partial charge on any atom is 0.487 e. The second-order valence-corrected chi connectivity index (χ2v) is 9.08. The van der Waals surface area contributed by atoms with Crippen LogP contribution in [-0.4, -0.2) is 56.4 Å². The van der Waals surface area contributed by atoms with Crippen molar-refractivity contribution in [3.05, 3.63) is 48.0 Å². The molecular weight excluding hydrogens is 472 g/mol. The highest BCUT2D eigenvalue weighted by Crippen LogP contribution is 2.32. The summed E-state index contributed by atoms with van der Waals surface area (Å²) in [5, 5.41) is 0. The zero-order valence-corrected chi connectivity index (χ0v) is 18.9. The van der Waals surface area contributed by atoms with E-state index in [0.717, 1.165) is 54.0 Å². The number of piperazine rings is 1. The van der Waals surface area contributed by atoms with Crippen molar-refractivity contribution in [2.75, 3.05) is 37.9 Å². The number of hydrogen-bond acceptors (Lipinski definition) is 5. The zero-order chi connectivity index (χ0) is 23.9. The molecule has 0 saturated carbocycles. The third-order valence-corrected chi connectivity index (χ3v) is 6.54. The molecule has 5 rings (SSSR count). The van der Waals surface area contributed by atoms with Gasteiger partial charge in [0.1, 0.15) is 38.5 Å². The number of hydrogen-bond donors (Lipinski definition) is 2. The fourth-order valence-corrected chi connectivity index (χ4v) is 4.90. The van der Waals surface area contributed by atoms with E-state index >= 15 is 0 Å². The Morgan fingerprint density at radius 2 is 1.74 bits per heavy atom. The molecule has 0 bridgehead atoms. The molecule has 1 unspecified atom stereocenters. The summed E-state index contributed by atoms with van der Waals surface area (Å²) in [4.78, 5) is 29.4. The van der Waals surface area contributed by atoms with Crippen molar-refractivity contribution < 1.29 is 42.4 Å². The number of benzene rings is 2. The lowest BCUT2D eigenvalue weighted by Crippen LogP contribution is -3.29. The molecule has 8 nitrogen and oxygen atoms in total. The van der Waals surface area contributed by atoms with Crippen LogP contribution in [0.25, 0.3) is 0 Å². The standard InChI is InChI=1S/C23H22ClF2N3O5/c24-23(25,26)34-17-4-2-16(3-5-17)29-21(30)12-18(22(29)31)28-9-7-27(8-10-28)13-15-1-6-19-20(11-15)33-14-32-19/h1-6,11,18H,7-10,12-14H2/p+2. The molecule has 3 heterocycles. The maximum atomic E-state index is 13.1. The Kier molecular flexibility index (Phi) is 6.05. The molecule has 11 heteroatoms. The summed E-state index contributed by atoms with van der Waals surface area (Å²) in [6.45, 7) is 4.40. The number of halogens is 3. The van der Waals surface area contributed by atoms with E-state index in [0.29, 0.717) is 5.69 Å². The number of fused-ring (bicyclic) bond motifs is 1. The van der Waals surface area contributed by atoms with E-state index in [1.165, 1.54) is 34.7 Å². The van der Waals surface area contributed by atoms with Gasteiger partial charge in [0.05, 0.1) is 12.1 Å². The number of quaternary nitrogens is 2. The molecule has 180 valence electrons. The van der Waals surface area contributed by atoms with Crippen molar-refractivity contribution >= 4 is 29.1 Å². The predicted octanol–water partition coefficient (Wildman–Crippen LogP) is 0.199. The van der Waals surface area contributed by atoms with Gasteiger partial charge in [0.2, 0.25) is 12.7 Å². The average Bonchev–Trinajstić information content (AvgIpc) is 3.37. The number of imide groups is 1. The van der Waals surface area contributed by atoms with E-state index in [1.54, 1.807) is 0 Å². The van der Waals surface area contributed by atoms with Crippen LogP contribution in [0.1, 0.15) is 12.0 Å². The van der Waals surface area contributed by atoms with Crippen LogP contribution >= 0.6 is 11.6 Å². The fourth-order valence-electron chi connectivity index (χ4n) is 4.81.